The van der Waals surface area contributed by atoms with E-state index in [1.54, 1.807) is 0 Å². The molecule has 4 rings (SSSR count). The van der Waals surface area contributed by atoms with E-state index in [-0.39, 0.29) is 5.91 Å². The maximum Gasteiger partial charge on any atom is 0.239 e. The van der Waals surface area contributed by atoms with Crippen molar-refractivity contribution in [1.82, 2.24) is 19.4 Å². The largest absolute Gasteiger partial charge is 0.361 e. The number of likely N-dealkylation sites (tertiary alicyclic amines) is 1. The Labute approximate surface area is 159 Å². The van der Waals surface area contributed by atoms with Gasteiger partial charge in [0, 0.05) is 55.0 Å². The molecule has 0 spiro atoms. The number of aromatic amines is 1. The third-order valence-corrected chi connectivity index (χ3v) is 5.69. The number of fused-ring (bicyclic) bond motifs is 1. The maximum absolute atomic E-state index is 12.8. The number of benzene rings is 1. The highest BCUT2D eigenvalue weighted by Gasteiger charge is 2.29. The molecule has 1 aromatic carbocycles. The minimum Gasteiger partial charge on any atom is -0.361 e. The molecule has 3 heterocycles. The van der Waals surface area contributed by atoms with E-state index in [1.165, 1.54) is 0 Å². The summed E-state index contributed by atoms with van der Waals surface area (Å²) in [5.74, 6) is 1.62. The molecule has 0 saturated carbocycles. The number of para-hydroxylation sites is 1. The molecule has 1 saturated heterocycles. The van der Waals surface area contributed by atoms with Gasteiger partial charge in [0.15, 0.2) is 0 Å². The number of piperidine rings is 1. The number of hydrogen-bond acceptors (Lipinski definition) is 3. The van der Waals surface area contributed by atoms with Crippen LogP contribution >= 0.6 is 0 Å². The summed E-state index contributed by atoms with van der Waals surface area (Å²) in [4.78, 5) is 22.6. The van der Waals surface area contributed by atoms with Gasteiger partial charge in [-0.2, -0.15) is 0 Å². The minimum atomic E-state index is -0.501. The number of H-pyrrole nitrogens is 1. The molecular weight excluding hydrogens is 338 g/mol. The molecule has 1 aliphatic rings. The molecule has 2 aromatic heterocycles. The van der Waals surface area contributed by atoms with Crippen LogP contribution in [0.2, 0.25) is 0 Å². The summed E-state index contributed by atoms with van der Waals surface area (Å²) < 4.78 is 2.20. The quantitative estimate of drug-likeness (QED) is 0.729. The topological polar surface area (TPSA) is 79.9 Å². The molecule has 142 valence electrons. The van der Waals surface area contributed by atoms with Crippen molar-refractivity contribution in [2.45, 2.75) is 44.7 Å². The zero-order chi connectivity index (χ0) is 18.8. The molecule has 6 nitrogen and oxygen atoms in total. The molecule has 0 bridgehead atoms. The monoisotopic (exact) mass is 365 g/mol. The highest BCUT2D eigenvalue weighted by atomic mass is 16.2. The summed E-state index contributed by atoms with van der Waals surface area (Å²) in [6.07, 6.45) is 8.32. The molecule has 3 N–H and O–H groups in total. The fraction of sp³-hybridized carbons (Fsp3) is 0.429. The lowest BCUT2D eigenvalue weighted by atomic mass is 9.95. The van der Waals surface area contributed by atoms with Crippen LogP contribution in [0.3, 0.4) is 0 Å². The SMILES string of the molecule is CCn1ccnc1C1CCN(C(=O)[C@H](N)Cc2c[nH]c3ccccc23)CC1. The van der Waals surface area contributed by atoms with Crippen LogP contribution in [0.25, 0.3) is 10.9 Å². The fourth-order valence-electron chi connectivity index (χ4n) is 4.17. The number of nitrogens with one attached hydrogen (secondary N) is 1. The number of imidazole rings is 1. The predicted octanol–water partition coefficient (Wildman–Crippen LogP) is 2.66. The molecule has 27 heavy (non-hydrogen) atoms. The van der Waals surface area contributed by atoms with E-state index in [9.17, 15) is 4.79 Å². The lowest BCUT2D eigenvalue weighted by molar-refractivity contribution is -0.133. The number of nitrogens with two attached hydrogens (primary N) is 1. The van der Waals surface area contributed by atoms with Crippen molar-refractivity contribution >= 4 is 16.8 Å². The molecule has 1 fully saturated rings. The molecule has 0 aliphatic carbocycles. The standard InChI is InChI=1S/C21H27N5O/c1-2-25-12-9-23-20(25)15-7-10-26(11-8-15)21(27)18(22)13-16-14-24-19-6-4-3-5-17(16)19/h3-6,9,12,14-15,18,24H,2,7-8,10-11,13,22H2,1H3/t18-/m1/s1. The normalized spacial score (nSPS) is 16.7. The summed E-state index contributed by atoms with van der Waals surface area (Å²) in [7, 11) is 0. The van der Waals surface area contributed by atoms with Crippen LogP contribution < -0.4 is 5.73 Å². The van der Waals surface area contributed by atoms with Crippen molar-refractivity contribution in [3.05, 3.63) is 54.2 Å². The van der Waals surface area contributed by atoms with Crippen LogP contribution in [-0.4, -0.2) is 44.5 Å². The van der Waals surface area contributed by atoms with Gasteiger partial charge in [0.25, 0.3) is 0 Å². The van der Waals surface area contributed by atoms with Gasteiger partial charge in [0.05, 0.1) is 6.04 Å². The van der Waals surface area contributed by atoms with Gasteiger partial charge in [-0.05, 0) is 37.8 Å². The molecule has 0 radical (unpaired) electrons. The smallest absolute Gasteiger partial charge is 0.239 e. The van der Waals surface area contributed by atoms with Crippen molar-refractivity contribution in [2.24, 2.45) is 5.73 Å². The van der Waals surface area contributed by atoms with Gasteiger partial charge in [0.2, 0.25) is 5.91 Å². The fourth-order valence-corrected chi connectivity index (χ4v) is 4.17. The average Bonchev–Trinajstić information content (AvgIpc) is 3.35. The van der Waals surface area contributed by atoms with E-state index < -0.39 is 6.04 Å². The number of hydrogen-bond donors (Lipinski definition) is 2. The summed E-state index contributed by atoms with van der Waals surface area (Å²) in [5.41, 5.74) is 8.47. The zero-order valence-electron chi connectivity index (χ0n) is 15.8. The second-order valence-electron chi connectivity index (χ2n) is 7.34. The van der Waals surface area contributed by atoms with Gasteiger partial charge in [-0.15, -0.1) is 0 Å². The number of aromatic nitrogens is 3. The Morgan fingerprint density at radius 1 is 1.33 bits per heavy atom. The maximum atomic E-state index is 12.8. The molecular formula is C21H27N5O. The highest BCUT2D eigenvalue weighted by Crippen LogP contribution is 2.27. The molecule has 1 aliphatic heterocycles. The molecule has 1 atom stereocenters. The van der Waals surface area contributed by atoms with Crippen molar-refractivity contribution in [3.63, 3.8) is 0 Å². The van der Waals surface area contributed by atoms with Crippen LogP contribution in [0, 0.1) is 0 Å². The first kappa shape index (κ1) is 17.8. The van der Waals surface area contributed by atoms with Crippen LogP contribution in [0.4, 0.5) is 0 Å². The van der Waals surface area contributed by atoms with Gasteiger partial charge in [-0.25, -0.2) is 4.98 Å². The first-order chi connectivity index (χ1) is 13.2. The Bertz CT molecular complexity index is 919. The van der Waals surface area contributed by atoms with Crippen molar-refractivity contribution < 1.29 is 4.79 Å². The van der Waals surface area contributed by atoms with Gasteiger partial charge in [0.1, 0.15) is 5.82 Å². The van der Waals surface area contributed by atoms with E-state index in [0.717, 1.165) is 54.8 Å². The van der Waals surface area contributed by atoms with E-state index in [4.69, 9.17) is 5.73 Å². The first-order valence-corrected chi connectivity index (χ1v) is 9.77. The number of nitrogens with zero attached hydrogens (tertiary/aromatic N) is 3. The van der Waals surface area contributed by atoms with Crippen LogP contribution in [-0.2, 0) is 17.8 Å². The van der Waals surface area contributed by atoms with Gasteiger partial charge in [-0.3, -0.25) is 4.79 Å². The minimum absolute atomic E-state index is 0.0533. The van der Waals surface area contributed by atoms with Crippen molar-refractivity contribution in [1.29, 1.82) is 0 Å². The molecule has 1 amide bonds. The Kier molecular flexibility index (Phi) is 4.99. The lowest BCUT2D eigenvalue weighted by Gasteiger charge is -2.33. The van der Waals surface area contributed by atoms with Gasteiger partial charge in [-0.1, -0.05) is 18.2 Å². The second kappa shape index (κ2) is 7.56. The molecule has 0 unspecified atom stereocenters. The number of rotatable bonds is 5. The van der Waals surface area contributed by atoms with Crippen LogP contribution in [0.1, 0.15) is 37.1 Å². The summed E-state index contributed by atoms with van der Waals surface area (Å²) in [6.45, 7) is 4.57. The number of aryl methyl sites for hydroxylation is 1. The van der Waals surface area contributed by atoms with Crippen molar-refractivity contribution in [2.75, 3.05) is 13.1 Å². The van der Waals surface area contributed by atoms with Crippen molar-refractivity contribution in [3.8, 4) is 0 Å². The van der Waals surface area contributed by atoms with E-state index in [0.29, 0.717) is 12.3 Å². The highest BCUT2D eigenvalue weighted by molar-refractivity contribution is 5.86. The van der Waals surface area contributed by atoms with E-state index in [1.807, 2.05) is 41.7 Å². The Morgan fingerprint density at radius 2 is 2.11 bits per heavy atom. The van der Waals surface area contributed by atoms with Crippen LogP contribution in [0.15, 0.2) is 42.9 Å². The third kappa shape index (κ3) is 3.49. The molecule has 6 heteroatoms. The summed E-state index contributed by atoms with van der Waals surface area (Å²) in [5, 5.41) is 1.14. The van der Waals surface area contributed by atoms with Gasteiger partial charge >= 0.3 is 0 Å². The van der Waals surface area contributed by atoms with Crippen LogP contribution in [0.5, 0.6) is 0 Å². The first-order valence-electron chi connectivity index (χ1n) is 9.77. The Balaban J connectivity index is 1.37. The Hall–Kier alpha value is -2.60. The second-order valence-corrected chi connectivity index (χ2v) is 7.34. The van der Waals surface area contributed by atoms with E-state index in [2.05, 4.69) is 27.5 Å². The molecule has 3 aromatic rings. The number of carbonyl (C=O) groups is 1. The third-order valence-electron chi connectivity index (χ3n) is 5.69. The predicted molar refractivity (Wildman–Crippen MR) is 106 cm³/mol. The Morgan fingerprint density at radius 3 is 2.89 bits per heavy atom. The summed E-state index contributed by atoms with van der Waals surface area (Å²) in [6, 6.07) is 7.62. The average molecular weight is 365 g/mol. The van der Waals surface area contributed by atoms with Gasteiger partial charge < -0.3 is 20.2 Å². The number of amides is 1. The zero-order valence-corrected chi connectivity index (χ0v) is 15.8. The number of carbonyl (C=O) groups excluding carboxylic acids is 1. The van der Waals surface area contributed by atoms with E-state index >= 15 is 0 Å². The lowest BCUT2D eigenvalue weighted by Crippen LogP contribution is -2.47. The summed E-state index contributed by atoms with van der Waals surface area (Å²) >= 11 is 0.